The Bertz CT molecular complexity index is 628. The summed E-state index contributed by atoms with van der Waals surface area (Å²) in [4.78, 5) is 0. The van der Waals surface area contributed by atoms with Crippen molar-refractivity contribution in [3.8, 4) is 11.5 Å². The summed E-state index contributed by atoms with van der Waals surface area (Å²) in [5, 5.41) is 0. The molecule has 3 nitrogen and oxygen atoms in total. The maximum atomic E-state index is 11.8. The number of para-hydroxylation sites is 1. The van der Waals surface area contributed by atoms with Gasteiger partial charge in [-0.1, -0.05) is 18.2 Å². The van der Waals surface area contributed by atoms with Gasteiger partial charge in [-0.25, -0.2) is 4.21 Å². The van der Waals surface area contributed by atoms with Gasteiger partial charge in [0, 0.05) is 6.21 Å². The fraction of sp³-hybridized carbons (Fsp3) is 0.235. The average molecular weight is 301 g/mol. The van der Waals surface area contributed by atoms with E-state index in [-0.39, 0.29) is 4.75 Å². The molecule has 0 spiro atoms. The normalized spacial score (nSPS) is 13.3. The topological polar surface area (TPSA) is 38.7 Å². The van der Waals surface area contributed by atoms with E-state index in [0.717, 1.165) is 17.1 Å². The number of ether oxygens (including phenoxy) is 1. The van der Waals surface area contributed by atoms with Crippen LogP contribution in [0, 0.1) is 0 Å². The molecule has 0 radical (unpaired) electrons. The Morgan fingerprint density at radius 1 is 0.952 bits per heavy atom. The monoisotopic (exact) mass is 301 g/mol. The summed E-state index contributed by atoms with van der Waals surface area (Å²) in [6, 6.07) is 17.1. The van der Waals surface area contributed by atoms with Crippen molar-refractivity contribution in [1.82, 2.24) is 0 Å². The molecule has 1 unspecified atom stereocenters. The zero-order chi connectivity index (χ0) is 15.3. The van der Waals surface area contributed by atoms with Crippen molar-refractivity contribution < 1.29 is 8.95 Å². The number of hydrogen-bond donors (Lipinski definition) is 0. The fourth-order valence-corrected chi connectivity index (χ4v) is 2.05. The third-order valence-corrected chi connectivity index (χ3v) is 4.02. The minimum absolute atomic E-state index is 0.340. The Balaban J connectivity index is 2.03. The van der Waals surface area contributed by atoms with Crippen molar-refractivity contribution in [3.63, 3.8) is 0 Å². The van der Waals surface area contributed by atoms with Gasteiger partial charge in [0.2, 0.25) is 0 Å². The molecule has 2 aromatic rings. The highest BCUT2D eigenvalue weighted by atomic mass is 32.2. The Morgan fingerprint density at radius 2 is 1.52 bits per heavy atom. The van der Waals surface area contributed by atoms with Gasteiger partial charge in [-0.15, -0.1) is 0 Å². The molecule has 0 aliphatic heterocycles. The molecule has 4 heteroatoms. The van der Waals surface area contributed by atoms with E-state index in [1.807, 2.05) is 75.4 Å². The highest BCUT2D eigenvalue weighted by Crippen LogP contribution is 2.21. The Labute approximate surface area is 128 Å². The van der Waals surface area contributed by atoms with Crippen LogP contribution in [0.25, 0.3) is 0 Å². The minimum Gasteiger partial charge on any atom is -0.457 e. The third-order valence-electron chi connectivity index (χ3n) is 2.68. The summed E-state index contributed by atoms with van der Waals surface area (Å²) in [6.45, 7) is 5.70. The van der Waals surface area contributed by atoms with Gasteiger partial charge in [-0.05, 0) is 62.7 Å². The molecule has 110 valence electrons. The molecule has 0 heterocycles. The molecule has 2 rings (SSSR count). The van der Waals surface area contributed by atoms with Crippen molar-refractivity contribution in [1.29, 1.82) is 0 Å². The highest BCUT2D eigenvalue weighted by Gasteiger charge is 2.17. The van der Waals surface area contributed by atoms with E-state index in [2.05, 4.69) is 4.40 Å². The van der Waals surface area contributed by atoms with E-state index < -0.39 is 11.0 Å². The summed E-state index contributed by atoms with van der Waals surface area (Å²) in [5.74, 6) is 1.56. The maximum Gasteiger partial charge on any atom is 0.144 e. The minimum atomic E-state index is -1.24. The van der Waals surface area contributed by atoms with Crippen LogP contribution in [0.5, 0.6) is 11.5 Å². The first-order valence-electron chi connectivity index (χ1n) is 6.74. The number of nitrogens with zero attached hydrogens (tertiary/aromatic N) is 1. The van der Waals surface area contributed by atoms with E-state index in [1.165, 1.54) is 0 Å². The lowest BCUT2D eigenvalue weighted by molar-refractivity contribution is 0.482. The molecule has 0 amide bonds. The average Bonchev–Trinajstić information content (AvgIpc) is 2.46. The first-order chi connectivity index (χ1) is 9.95. The van der Waals surface area contributed by atoms with Crippen LogP contribution in [0.3, 0.4) is 0 Å². The molecule has 0 bridgehead atoms. The molecule has 2 aromatic carbocycles. The predicted octanol–water partition coefficient (Wildman–Crippen LogP) is 4.36. The molecular weight excluding hydrogens is 282 g/mol. The third kappa shape index (κ3) is 4.83. The molecule has 0 aliphatic rings. The first kappa shape index (κ1) is 15.4. The summed E-state index contributed by atoms with van der Waals surface area (Å²) >= 11 is 0. The van der Waals surface area contributed by atoms with Gasteiger partial charge in [0.1, 0.15) is 22.5 Å². The van der Waals surface area contributed by atoms with Gasteiger partial charge in [0.05, 0.1) is 4.75 Å². The van der Waals surface area contributed by atoms with Gasteiger partial charge in [-0.3, -0.25) is 0 Å². The first-order valence-corrected chi connectivity index (χ1v) is 7.85. The molecule has 0 aromatic heterocycles. The summed E-state index contributed by atoms with van der Waals surface area (Å²) in [6.07, 6.45) is 1.63. The van der Waals surface area contributed by atoms with E-state index >= 15 is 0 Å². The van der Waals surface area contributed by atoms with Crippen molar-refractivity contribution in [2.45, 2.75) is 25.5 Å². The Hall–Kier alpha value is -1.94. The van der Waals surface area contributed by atoms with Crippen LogP contribution in [-0.2, 0) is 11.0 Å². The molecule has 0 N–H and O–H groups in total. The highest BCUT2D eigenvalue weighted by molar-refractivity contribution is 7.85. The molecule has 0 fully saturated rings. The smallest absolute Gasteiger partial charge is 0.144 e. The van der Waals surface area contributed by atoms with Crippen molar-refractivity contribution >= 4 is 17.2 Å². The van der Waals surface area contributed by atoms with Crippen LogP contribution in [0.1, 0.15) is 26.3 Å². The molecule has 0 saturated heterocycles. The van der Waals surface area contributed by atoms with E-state index in [4.69, 9.17) is 4.74 Å². The van der Waals surface area contributed by atoms with Gasteiger partial charge >= 0.3 is 0 Å². The molecule has 1 atom stereocenters. The van der Waals surface area contributed by atoms with Gasteiger partial charge in [0.25, 0.3) is 0 Å². The van der Waals surface area contributed by atoms with Crippen LogP contribution < -0.4 is 4.74 Å². The van der Waals surface area contributed by atoms with Crippen LogP contribution >= 0.6 is 0 Å². The van der Waals surface area contributed by atoms with E-state index in [9.17, 15) is 4.21 Å². The van der Waals surface area contributed by atoms with Gasteiger partial charge in [-0.2, -0.15) is 4.40 Å². The van der Waals surface area contributed by atoms with Gasteiger partial charge < -0.3 is 4.74 Å². The van der Waals surface area contributed by atoms with Crippen LogP contribution in [0.2, 0.25) is 0 Å². The number of hydrogen-bond acceptors (Lipinski definition) is 2. The zero-order valence-electron chi connectivity index (χ0n) is 12.4. The standard InChI is InChI=1S/C17H19NO2S/c1-17(2,3)21(19)18-13-14-9-11-16(12-10-14)20-15-7-5-4-6-8-15/h4-13H,1-3H3. The quantitative estimate of drug-likeness (QED) is 0.787. The summed E-state index contributed by atoms with van der Waals surface area (Å²) in [7, 11) is -1.24. The fourth-order valence-electron chi connectivity index (χ4n) is 1.51. The Kier molecular flexibility index (Phi) is 4.91. The van der Waals surface area contributed by atoms with E-state index in [0.29, 0.717) is 0 Å². The zero-order valence-corrected chi connectivity index (χ0v) is 13.3. The number of benzene rings is 2. The van der Waals surface area contributed by atoms with Crippen LogP contribution in [-0.4, -0.2) is 15.2 Å². The van der Waals surface area contributed by atoms with E-state index in [1.54, 1.807) is 6.21 Å². The predicted molar refractivity (Wildman–Crippen MR) is 88.4 cm³/mol. The van der Waals surface area contributed by atoms with Crippen LogP contribution in [0.15, 0.2) is 59.0 Å². The second-order valence-electron chi connectivity index (χ2n) is 5.58. The largest absolute Gasteiger partial charge is 0.457 e. The van der Waals surface area contributed by atoms with Crippen molar-refractivity contribution in [3.05, 3.63) is 60.2 Å². The van der Waals surface area contributed by atoms with Crippen molar-refractivity contribution in [2.75, 3.05) is 0 Å². The van der Waals surface area contributed by atoms with Crippen LogP contribution in [0.4, 0.5) is 0 Å². The molecular formula is C17H19NO2S. The SMILES string of the molecule is CC(C)(C)S(=O)N=Cc1ccc(Oc2ccccc2)cc1. The second-order valence-corrected chi connectivity index (χ2v) is 7.51. The van der Waals surface area contributed by atoms with Crippen molar-refractivity contribution in [2.24, 2.45) is 4.40 Å². The lowest BCUT2D eigenvalue weighted by Gasteiger charge is -2.12. The molecule has 0 saturated carbocycles. The summed E-state index contributed by atoms with van der Waals surface area (Å²) in [5.41, 5.74) is 0.896. The number of rotatable bonds is 4. The van der Waals surface area contributed by atoms with Gasteiger partial charge in [0.15, 0.2) is 0 Å². The summed E-state index contributed by atoms with van der Waals surface area (Å²) < 4.78 is 21.3. The molecule has 0 aliphatic carbocycles. The lowest BCUT2D eigenvalue weighted by atomic mass is 10.2. The molecule has 21 heavy (non-hydrogen) atoms. The Morgan fingerprint density at radius 3 is 2.10 bits per heavy atom. The second kappa shape index (κ2) is 6.68. The maximum absolute atomic E-state index is 11.8. The lowest BCUT2D eigenvalue weighted by Crippen LogP contribution is -2.19.